The molecule has 2 aromatic carbocycles. The highest BCUT2D eigenvalue weighted by Gasteiger charge is 2.18. The van der Waals surface area contributed by atoms with Crippen molar-refractivity contribution in [2.75, 3.05) is 24.2 Å². The van der Waals surface area contributed by atoms with Crippen LogP contribution in [0, 0.1) is 0 Å². The average molecular weight is 365 g/mol. The van der Waals surface area contributed by atoms with Crippen LogP contribution >= 0.6 is 0 Å². The molecule has 3 rings (SSSR count). The van der Waals surface area contributed by atoms with Crippen LogP contribution in [0.25, 0.3) is 0 Å². The molecule has 0 fully saturated rings. The van der Waals surface area contributed by atoms with Gasteiger partial charge >= 0.3 is 6.03 Å². The molecule has 0 bridgehead atoms. The second kappa shape index (κ2) is 8.71. The number of nitrogens with one attached hydrogen (secondary N) is 2. The van der Waals surface area contributed by atoms with E-state index >= 15 is 0 Å². The van der Waals surface area contributed by atoms with Gasteiger partial charge in [0, 0.05) is 18.4 Å². The summed E-state index contributed by atoms with van der Waals surface area (Å²) < 4.78 is 0. The number of nitrogens with zero attached hydrogens (tertiary/aromatic N) is 1. The maximum Gasteiger partial charge on any atom is 0.322 e. The van der Waals surface area contributed by atoms with Gasteiger partial charge in [-0.05, 0) is 60.9 Å². The summed E-state index contributed by atoms with van der Waals surface area (Å²) in [5, 5.41) is 5.87. The Morgan fingerprint density at radius 2 is 1.70 bits per heavy atom. The van der Waals surface area contributed by atoms with Crippen molar-refractivity contribution >= 4 is 23.3 Å². The monoisotopic (exact) mass is 365 g/mol. The van der Waals surface area contributed by atoms with Crippen LogP contribution in [0.1, 0.15) is 36.5 Å². The molecule has 3 amide bonds. The number of hydrogen-bond donors (Lipinski definition) is 2. The third-order valence-electron chi connectivity index (χ3n) is 5.04. The molecule has 1 aliphatic rings. The molecular formula is C22H27N3O2. The number of aryl methyl sites for hydroxylation is 2. The predicted molar refractivity (Wildman–Crippen MR) is 109 cm³/mol. The van der Waals surface area contributed by atoms with E-state index in [-0.39, 0.29) is 18.5 Å². The van der Waals surface area contributed by atoms with E-state index in [1.807, 2.05) is 43.3 Å². The first-order valence-electron chi connectivity index (χ1n) is 9.59. The third kappa shape index (κ3) is 4.67. The highest BCUT2D eigenvalue weighted by molar-refractivity contribution is 5.97. The number of likely N-dealkylation sites (N-methyl/N-ethyl adjacent to an activating group) is 1. The van der Waals surface area contributed by atoms with Gasteiger partial charge < -0.3 is 15.5 Å². The molecule has 27 heavy (non-hydrogen) atoms. The summed E-state index contributed by atoms with van der Waals surface area (Å²) in [5.74, 6) is -0.205. The highest BCUT2D eigenvalue weighted by Crippen LogP contribution is 2.28. The fraction of sp³-hybridized carbons (Fsp3) is 0.364. The first-order valence-corrected chi connectivity index (χ1v) is 9.59. The molecular weight excluding hydrogens is 338 g/mol. The van der Waals surface area contributed by atoms with Crippen LogP contribution in [0.2, 0.25) is 0 Å². The number of fused-ring (bicyclic) bond motifs is 1. The highest BCUT2D eigenvalue weighted by atomic mass is 16.2. The number of anilines is 2. The summed E-state index contributed by atoms with van der Waals surface area (Å²) in [5.41, 5.74) is 5.29. The van der Waals surface area contributed by atoms with Gasteiger partial charge in [-0.15, -0.1) is 0 Å². The topological polar surface area (TPSA) is 61.4 Å². The molecule has 0 spiro atoms. The van der Waals surface area contributed by atoms with E-state index in [0.717, 1.165) is 42.6 Å². The van der Waals surface area contributed by atoms with Crippen LogP contribution in [0.5, 0.6) is 0 Å². The zero-order valence-electron chi connectivity index (χ0n) is 16.0. The van der Waals surface area contributed by atoms with E-state index in [2.05, 4.69) is 16.7 Å². The second-order valence-corrected chi connectivity index (χ2v) is 7.00. The Morgan fingerprint density at radius 1 is 0.963 bits per heavy atom. The van der Waals surface area contributed by atoms with Gasteiger partial charge in [0.25, 0.3) is 0 Å². The van der Waals surface area contributed by atoms with E-state index in [4.69, 9.17) is 0 Å². The van der Waals surface area contributed by atoms with Crippen molar-refractivity contribution in [2.45, 2.75) is 39.0 Å². The van der Waals surface area contributed by atoms with Crippen LogP contribution in [0.4, 0.5) is 16.2 Å². The van der Waals surface area contributed by atoms with Gasteiger partial charge in [-0.3, -0.25) is 4.79 Å². The van der Waals surface area contributed by atoms with E-state index in [1.54, 1.807) is 7.05 Å². The zero-order valence-corrected chi connectivity index (χ0v) is 16.0. The minimum atomic E-state index is -0.270. The summed E-state index contributed by atoms with van der Waals surface area (Å²) in [7, 11) is 1.63. The Labute approximate surface area is 160 Å². The number of urea groups is 1. The molecule has 0 aromatic heterocycles. The number of rotatable bonds is 5. The van der Waals surface area contributed by atoms with Crippen molar-refractivity contribution < 1.29 is 9.59 Å². The first-order chi connectivity index (χ1) is 13.1. The quantitative estimate of drug-likeness (QED) is 0.833. The largest absolute Gasteiger partial charge is 0.324 e. The van der Waals surface area contributed by atoms with E-state index in [9.17, 15) is 9.59 Å². The normalized spacial score (nSPS) is 12.8. The van der Waals surface area contributed by atoms with Crippen molar-refractivity contribution in [2.24, 2.45) is 0 Å². The summed E-state index contributed by atoms with van der Waals surface area (Å²) in [6, 6.07) is 13.5. The Hall–Kier alpha value is -2.82. The maximum absolute atomic E-state index is 12.5. The number of carbonyl (C=O) groups excluding carboxylic acids is 2. The van der Waals surface area contributed by atoms with Gasteiger partial charge in [0.05, 0.1) is 0 Å². The zero-order chi connectivity index (χ0) is 19.2. The minimum Gasteiger partial charge on any atom is -0.324 e. The molecule has 0 aliphatic heterocycles. The standard InChI is InChI=1S/C22H27N3O2/c1-3-16-9-5-7-13-19(16)23-21(26)15-25(2)22(27)24-20-14-8-11-17-10-4-6-12-18(17)20/h5,7-9,11,13-14H,3-4,6,10,12,15H2,1-2H3,(H,23,26)(H,24,27). The third-order valence-corrected chi connectivity index (χ3v) is 5.04. The Balaban J connectivity index is 1.60. The summed E-state index contributed by atoms with van der Waals surface area (Å²) in [6.07, 6.45) is 5.24. The Bertz CT molecular complexity index is 832. The van der Waals surface area contributed by atoms with Crippen LogP contribution in [-0.4, -0.2) is 30.4 Å². The van der Waals surface area contributed by atoms with Gasteiger partial charge in [-0.2, -0.15) is 0 Å². The van der Waals surface area contributed by atoms with Gasteiger partial charge in [0.1, 0.15) is 6.54 Å². The number of carbonyl (C=O) groups is 2. The number of hydrogen-bond acceptors (Lipinski definition) is 2. The molecule has 0 saturated heterocycles. The lowest BCUT2D eigenvalue weighted by molar-refractivity contribution is -0.116. The minimum absolute atomic E-state index is 0.00109. The van der Waals surface area contributed by atoms with Crippen molar-refractivity contribution in [1.29, 1.82) is 0 Å². The van der Waals surface area contributed by atoms with Crippen molar-refractivity contribution in [3.05, 3.63) is 59.2 Å². The average Bonchev–Trinajstić information content (AvgIpc) is 2.68. The second-order valence-electron chi connectivity index (χ2n) is 7.00. The summed E-state index contributed by atoms with van der Waals surface area (Å²) >= 11 is 0. The predicted octanol–water partition coefficient (Wildman–Crippen LogP) is 4.23. The molecule has 0 atom stereocenters. The number of amides is 3. The van der Waals surface area contributed by atoms with Crippen LogP contribution in [-0.2, 0) is 24.1 Å². The van der Waals surface area contributed by atoms with Crippen LogP contribution in [0.3, 0.4) is 0 Å². The lowest BCUT2D eigenvalue weighted by Gasteiger charge is -2.22. The van der Waals surface area contributed by atoms with Crippen LogP contribution < -0.4 is 10.6 Å². The molecule has 0 saturated carbocycles. The fourth-order valence-corrected chi connectivity index (χ4v) is 3.54. The molecule has 1 aliphatic carbocycles. The molecule has 2 N–H and O–H groups in total. The first kappa shape index (κ1) is 19.0. The van der Waals surface area contributed by atoms with Crippen LogP contribution in [0.15, 0.2) is 42.5 Å². The van der Waals surface area contributed by atoms with Gasteiger partial charge in [-0.25, -0.2) is 4.79 Å². The van der Waals surface area contributed by atoms with Crippen molar-refractivity contribution in [3.8, 4) is 0 Å². The number of para-hydroxylation sites is 1. The number of benzene rings is 2. The SMILES string of the molecule is CCc1ccccc1NC(=O)CN(C)C(=O)Nc1cccc2c1CCCC2. The maximum atomic E-state index is 12.5. The molecule has 0 unspecified atom stereocenters. The van der Waals surface area contributed by atoms with Crippen molar-refractivity contribution in [3.63, 3.8) is 0 Å². The molecule has 0 radical (unpaired) electrons. The van der Waals surface area contributed by atoms with E-state index < -0.39 is 0 Å². The van der Waals surface area contributed by atoms with E-state index in [1.165, 1.54) is 22.4 Å². The van der Waals surface area contributed by atoms with Gasteiger partial charge in [0.15, 0.2) is 0 Å². The van der Waals surface area contributed by atoms with Crippen molar-refractivity contribution in [1.82, 2.24) is 4.90 Å². The smallest absolute Gasteiger partial charge is 0.322 e. The fourth-order valence-electron chi connectivity index (χ4n) is 3.54. The molecule has 0 heterocycles. The van der Waals surface area contributed by atoms with Gasteiger partial charge in [-0.1, -0.05) is 37.3 Å². The van der Waals surface area contributed by atoms with E-state index in [0.29, 0.717) is 0 Å². The Morgan fingerprint density at radius 3 is 2.52 bits per heavy atom. The molecule has 2 aromatic rings. The Kier molecular flexibility index (Phi) is 6.12. The lowest BCUT2D eigenvalue weighted by Crippen LogP contribution is -2.38. The molecule has 142 valence electrons. The molecule has 5 heteroatoms. The lowest BCUT2D eigenvalue weighted by atomic mass is 9.90. The molecule has 5 nitrogen and oxygen atoms in total. The van der Waals surface area contributed by atoms with Gasteiger partial charge in [0.2, 0.25) is 5.91 Å². The summed E-state index contributed by atoms with van der Waals surface area (Å²) in [6.45, 7) is 2.05. The summed E-state index contributed by atoms with van der Waals surface area (Å²) in [4.78, 5) is 26.3.